The molecule has 1 saturated carbocycles. The number of ether oxygens (including phenoxy) is 1. The number of aryl methyl sites for hydroxylation is 1. The topological polar surface area (TPSA) is 34.2 Å². The fourth-order valence-electron chi connectivity index (χ4n) is 2.36. The fourth-order valence-corrected chi connectivity index (χ4v) is 2.36. The Morgan fingerprint density at radius 3 is 2.79 bits per heavy atom. The summed E-state index contributed by atoms with van der Waals surface area (Å²) in [6.07, 6.45) is 6.31. The van der Waals surface area contributed by atoms with Gasteiger partial charge in [-0.15, -0.1) is 0 Å². The Bertz CT molecular complexity index is 388. The zero-order chi connectivity index (χ0) is 13.5. The highest BCUT2D eigenvalue weighted by Gasteiger charge is 2.17. The average Bonchev–Trinajstić information content (AvgIpc) is 2.39. The van der Waals surface area contributed by atoms with Crippen LogP contribution in [0.4, 0.5) is 0 Å². The van der Waals surface area contributed by atoms with E-state index in [1.165, 1.54) is 31.2 Å². The third kappa shape index (κ3) is 4.50. The van der Waals surface area contributed by atoms with Gasteiger partial charge in [-0.2, -0.15) is 0 Å². The molecule has 2 rings (SSSR count). The smallest absolute Gasteiger partial charge is 0.213 e. The Labute approximate surface area is 116 Å². The van der Waals surface area contributed by atoms with Crippen molar-refractivity contribution in [2.45, 2.75) is 52.5 Å². The lowest BCUT2D eigenvalue weighted by molar-refractivity contribution is 0.217. The molecule has 0 unspecified atom stereocenters. The second-order valence-corrected chi connectivity index (χ2v) is 5.37. The van der Waals surface area contributed by atoms with Crippen LogP contribution in [0, 0.1) is 5.92 Å². The van der Waals surface area contributed by atoms with Gasteiger partial charge in [0.2, 0.25) is 5.88 Å². The fraction of sp³-hybridized carbons (Fsp3) is 0.688. The van der Waals surface area contributed by atoms with Crippen LogP contribution in [0.2, 0.25) is 0 Å². The lowest BCUT2D eigenvalue weighted by Gasteiger charge is -2.24. The van der Waals surface area contributed by atoms with E-state index in [0.29, 0.717) is 0 Å². The van der Waals surface area contributed by atoms with Gasteiger partial charge in [-0.3, -0.25) is 0 Å². The van der Waals surface area contributed by atoms with E-state index >= 15 is 0 Å². The number of nitrogens with one attached hydrogen (secondary N) is 1. The Balaban J connectivity index is 1.89. The van der Waals surface area contributed by atoms with E-state index in [9.17, 15) is 0 Å². The molecule has 0 aliphatic heterocycles. The van der Waals surface area contributed by atoms with Crippen molar-refractivity contribution in [3.63, 3.8) is 0 Å². The largest absolute Gasteiger partial charge is 0.478 e. The van der Waals surface area contributed by atoms with Crippen molar-refractivity contribution in [1.29, 1.82) is 0 Å². The molecular formula is C16H26N2O. The van der Waals surface area contributed by atoms with Crippen LogP contribution < -0.4 is 10.1 Å². The summed E-state index contributed by atoms with van der Waals surface area (Å²) in [5.74, 6) is 1.70. The molecule has 1 N–H and O–H groups in total. The molecule has 1 heterocycles. The van der Waals surface area contributed by atoms with Crippen molar-refractivity contribution in [2.75, 3.05) is 13.2 Å². The molecule has 0 saturated heterocycles. The summed E-state index contributed by atoms with van der Waals surface area (Å²) in [7, 11) is 0. The lowest BCUT2D eigenvalue weighted by atomic mass is 9.83. The normalized spacial score (nSPS) is 15.3. The summed E-state index contributed by atoms with van der Waals surface area (Å²) < 4.78 is 5.84. The highest BCUT2D eigenvalue weighted by molar-refractivity contribution is 5.25. The van der Waals surface area contributed by atoms with Gasteiger partial charge in [-0.05, 0) is 36.9 Å². The molecule has 1 fully saturated rings. The number of hydrogen-bond donors (Lipinski definition) is 1. The van der Waals surface area contributed by atoms with E-state index in [1.807, 2.05) is 0 Å². The number of hydrogen-bond acceptors (Lipinski definition) is 3. The Hall–Kier alpha value is -1.09. The maximum absolute atomic E-state index is 5.84. The molecular weight excluding hydrogens is 236 g/mol. The summed E-state index contributed by atoms with van der Waals surface area (Å²) in [5.41, 5.74) is 2.39. The van der Waals surface area contributed by atoms with E-state index in [-0.39, 0.29) is 0 Å². The maximum Gasteiger partial charge on any atom is 0.213 e. The molecule has 0 amide bonds. The maximum atomic E-state index is 5.84. The van der Waals surface area contributed by atoms with Crippen molar-refractivity contribution in [1.82, 2.24) is 10.3 Å². The van der Waals surface area contributed by atoms with Crippen molar-refractivity contribution < 1.29 is 4.74 Å². The second kappa shape index (κ2) is 7.49. The quantitative estimate of drug-likeness (QED) is 0.780. The van der Waals surface area contributed by atoms with Gasteiger partial charge in [-0.25, -0.2) is 4.98 Å². The van der Waals surface area contributed by atoms with Gasteiger partial charge in [0.15, 0.2) is 0 Å². The zero-order valence-corrected chi connectivity index (χ0v) is 12.2. The molecule has 1 aromatic rings. The van der Waals surface area contributed by atoms with Crippen molar-refractivity contribution in [2.24, 2.45) is 5.92 Å². The third-order valence-corrected chi connectivity index (χ3v) is 3.86. The van der Waals surface area contributed by atoms with Crippen LogP contribution in [-0.2, 0) is 13.0 Å². The summed E-state index contributed by atoms with van der Waals surface area (Å²) in [4.78, 5) is 4.55. The van der Waals surface area contributed by atoms with Crippen LogP contribution >= 0.6 is 0 Å². The van der Waals surface area contributed by atoms with E-state index < -0.39 is 0 Å². The van der Waals surface area contributed by atoms with Crippen LogP contribution in [-0.4, -0.2) is 18.1 Å². The summed E-state index contributed by atoms with van der Waals surface area (Å²) in [5, 5.41) is 3.35. The first-order valence-corrected chi connectivity index (χ1v) is 7.65. The summed E-state index contributed by atoms with van der Waals surface area (Å²) in [6, 6.07) is 4.24. The van der Waals surface area contributed by atoms with Gasteiger partial charge >= 0.3 is 0 Å². The minimum absolute atomic E-state index is 0.798. The molecule has 1 aliphatic rings. The monoisotopic (exact) mass is 262 g/mol. The molecule has 1 aromatic heterocycles. The average molecular weight is 262 g/mol. The minimum atomic E-state index is 0.798. The van der Waals surface area contributed by atoms with Crippen molar-refractivity contribution in [3.8, 4) is 5.88 Å². The van der Waals surface area contributed by atoms with E-state index in [2.05, 4.69) is 36.3 Å². The summed E-state index contributed by atoms with van der Waals surface area (Å²) in [6.45, 7) is 6.95. The first kappa shape index (κ1) is 14.3. The van der Waals surface area contributed by atoms with Crippen LogP contribution in [0.25, 0.3) is 0 Å². The number of pyridine rings is 1. The molecule has 1 aliphatic carbocycles. The minimum Gasteiger partial charge on any atom is -0.478 e. The molecule has 0 radical (unpaired) electrons. The van der Waals surface area contributed by atoms with Crippen LogP contribution in [0.1, 0.15) is 50.8 Å². The third-order valence-electron chi connectivity index (χ3n) is 3.86. The highest BCUT2D eigenvalue weighted by atomic mass is 16.5. The molecule has 3 heteroatoms. The first-order chi connectivity index (χ1) is 9.31. The number of aromatic nitrogens is 1. The lowest BCUT2D eigenvalue weighted by Crippen LogP contribution is -2.15. The van der Waals surface area contributed by atoms with Gasteiger partial charge in [0, 0.05) is 18.3 Å². The molecule has 0 atom stereocenters. The Morgan fingerprint density at radius 2 is 2.16 bits per heavy atom. The number of rotatable bonds is 8. The molecule has 0 bridgehead atoms. The second-order valence-electron chi connectivity index (χ2n) is 5.37. The van der Waals surface area contributed by atoms with Crippen LogP contribution in [0.15, 0.2) is 12.1 Å². The van der Waals surface area contributed by atoms with Crippen LogP contribution in [0.3, 0.4) is 0 Å². The Kier molecular flexibility index (Phi) is 5.64. The van der Waals surface area contributed by atoms with Gasteiger partial charge in [0.05, 0.1) is 6.61 Å². The van der Waals surface area contributed by atoms with E-state index in [4.69, 9.17) is 4.74 Å². The molecule has 0 spiro atoms. The van der Waals surface area contributed by atoms with E-state index in [1.54, 1.807) is 0 Å². The van der Waals surface area contributed by atoms with Crippen molar-refractivity contribution >= 4 is 0 Å². The number of nitrogens with zero attached hydrogens (tertiary/aromatic N) is 1. The van der Waals surface area contributed by atoms with Gasteiger partial charge < -0.3 is 10.1 Å². The first-order valence-electron chi connectivity index (χ1n) is 7.65. The molecule has 0 aromatic carbocycles. The van der Waals surface area contributed by atoms with Crippen molar-refractivity contribution in [3.05, 3.63) is 23.4 Å². The Morgan fingerprint density at radius 1 is 1.32 bits per heavy atom. The van der Waals surface area contributed by atoms with Crippen LogP contribution in [0.5, 0.6) is 5.88 Å². The van der Waals surface area contributed by atoms with Gasteiger partial charge in [0.25, 0.3) is 0 Å². The predicted octanol–water partition coefficient (Wildman–Crippen LogP) is 3.32. The van der Waals surface area contributed by atoms with Gasteiger partial charge in [0.1, 0.15) is 0 Å². The molecule has 106 valence electrons. The molecule has 3 nitrogen and oxygen atoms in total. The van der Waals surface area contributed by atoms with Gasteiger partial charge in [-0.1, -0.05) is 33.1 Å². The standard InChI is InChI=1S/C16H26N2O/c1-3-15-10-14(12-17-4-2)11-16(18-15)19-9-8-13-6-5-7-13/h10-11,13,17H,3-9,12H2,1-2H3. The summed E-state index contributed by atoms with van der Waals surface area (Å²) >= 11 is 0. The molecule has 19 heavy (non-hydrogen) atoms. The highest BCUT2D eigenvalue weighted by Crippen LogP contribution is 2.29. The zero-order valence-electron chi connectivity index (χ0n) is 12.2. The predicted molar refractivity (Wildman–Crippen MR) is 78.4 cm³/mol. The SMILES string of the molecule is CCNCc1cc(CC)nc(OCCC2CCC2)c1. The van der Waals surface area contributed by atoms with E-state index in [0.717, 1.165) is 43.6 Å².